The lowest BCUT2D eigenvalue weighted by Crippen LogP contribution is -2.57. The normalized spacial score (nSPS) is 12.8. The highest BCUT2D eigenvalue weighted by Gasteiger charge is 2.44. The van der Waals surface area contributed by atoms with Crippen molar-refractivity contribution in [3.05, 3.63) is 70.8 Å². The Morgan fingerprint density at radius 2 is 1.57 bits per heavy atom. The van der Waals surface area contributed by atoms with Crippen LogP contribution in [-0.4, -0.2) is 51.7 Å². The topological polar surface area (TPSA) is 177 Å². The number of carbonyl (C=O) groups excluding carboxylic acids is 3. The standard InChI is InChI=1S/C27H32N4O6/c1-4-27(26(35)36,15-14-22(28)32)31(5-2)24(33)17(3)16-18-6-8-20(9-7-18)25(34)37-21-12-10-19(11-13-21)23(29)30/h6-13,16H,4-5,14-15H2,1-3H3,(H2,28,32)(H3,29,30)(H,35,36)/t27-/m1/s1. The zero-order valence-corrected chi connectivity index (χ0v) is 21.1. The highest BCUT2D eigenvalue weighted by atomic mass is 16.5. The average molecular weight is 509 g/mol. The van der Waals surface area contributed by atoms with Gasteiger partial charge in [0.25, 0.3) is 0 Å². The molecule has 2 aromatic carbocycles. The van der Waals surface area contributed by atoms with Crippen molar-refractivity contribution in [2.45, 2.75) is 45.6 Å². The molecule has 2 aromatic rings. The summed E-state index contributed by atoms with van der Waals surface area (Å²) >= 11 is 0. The Bertz CT molecular complexity index is 1200. The summed E-state index contributed by atoms with van der Waals surface area (Å²) in [4.78, 5) is 50.5. The molecule has 0 unspecified atom stereocenters. The Hall–Kier alpha value is -4.47. The average Bonchev–Trinajstić information content (AvgIpc) is 2.86. The second kappa shape index (κ2) is 12.5. The number of nitrogens with zero attached hydrogens (tertiary/aromatic N) is 1. The number of primary amides is 1. The van der Waals surface area contributed by atoms with Gasteiger partial charge in [-0.25, -0.2) is 9.59 Å². The number of carbonyl (C=O) groups is 4. The number of benzene rings is 2. The predicted molar refractivity (Wildman–Crippen MR) is 139 cm³/mol. The van der Waals surface area contributed by atoms with E-state index in [1.54, 1.807) is 63.2 Å². The van der Waals surface area contributed by atoms with Gasteiger partial charge < -0.3 is 26.2 Å². The molecule has 10 nitrogen and oxygen atoms in total. The molecule has 0 saturated carbocycles. The Balaban J connectivity index is 2.20. The Morgan fingerprint density at radius 1 is 1.00 bits per heavy atom. The number of hydrogen-bond acceptors (Lipinski definition) is 6. The number of amides is 2. The number of nitrogen functional groups attached to an aromatic ring is 1. The van der Waals surface area contributed by atoms with Crippen molar-refractivity contribution in [2.24, 2.45) is 11.5 Å². The van der Waals surface area contributed by atoms with Gasteiger partial charge in [-0.05, 0) is 74.7 Å². The fraction of sp³-hybridized carbons (Fsp3) is 0.296. The minimum atomic E-state index is -1.56. The minimum Gasteiger partial charge on any atom is -0.479 e. The first-order valence-electron chi connectivity index (χ1n) is 11.7. The van der Waals surface area contributed by atoms with Crippen LogP contribution in [0.3, 0.4) is 0 Å². The number of hydrogen-bond donors (Lipinski definition) is 4. The van der Waals surface area contributed by atoms with Crippen molar-refractivity contribution >= 4 is 35.7 Å². The Morgan fingerprint density at radius 3 is 2.03 bits per heavy atom. The molecule has 0 spiro atoms. The molecule has 0 aliphatic heterocycles. The summed E-state index contributed by atoms with van der Waals surface area (Å²) in [5, 5.41) is 17.4. The molecule has 0 aromatic heterocycles. The number of carboxylic acid groups (broad SMARTS) is 1. The molecule has 37 heavy (non-hydrogen) atoms. The lowest BCUT2D eigenvalue weighted by Gasteiger charge is -2.39. The summed E-state index contributed by atoms with van der Waals surface area (Å²) in [6.45, 7) is 5.03. The van der Waals surface area contributed by atoms with Crippen LogP contribution >= 0.6 is 0 Å². The van der Waals surface area contributed by atoms with Gasteiger partial charge in [-0.1, -0.05) is 19.1 Å². The van der Waals surface area contributed by atoms with E-state index in [-0.39, 0.29) is 37.2 Å². The molecule has 0 heterocycles. The second-order valence-electron chi connectivity index (χ2n) is 8.48. The molecule has 10 heteroatoms. The monoisotopic (exact) mass is 508 g/mol. The number of aliphatic carboxylic acids is 1. The van der Waals surface area contributed by atoms with E-state index in [0.717, 1.165) is 0 Å². The van der Waals surface area contributed by atoms with Crippen molar-refractivity contribution in [3.8, 4) is 5.75 Å². The van der Waals surface area contributed by atoms with Crippen LogP contribution < -0.4 is 16.2 Å². The zero-order valence-electron chi connectivity index (χ0n) is 21.1. The van der Waals surface area contributed by atoms with Crippen LogP contribution in [0.15, 0.2) is 54.1 Å². The van der Waals surface area contributed by atoms with Gasteiger partial charge in [0.1, 0.15) is 17.1 Å². The summed E-state index contributed by atoms with van der Waals surface area (Å²) in [5.74, 6) is -2.69. The molecule has 196 valence electrons. The van der Waals surface area contributed by atoms with Crippen LogP contribution in [0.4, 0.5) is 0 Å². The largest absolute Gasteiger partial charge is 0.479 e. The Labute approximate surface area is 215 Å². The number of carboxylic acids is 1. The molecule has 0 radical (unpaired) electrons. The first kappa shape index (κ1) is 28.8. The van der Waals surface area contributed by atoms with Gasteiger partial charge in [-0.2, -0.15) is 0 Å². The SMILES string of the molecule is CCN(C(=O)C(C)=Cc1ccc(C(=O)Oc2ccc(C(=N)N)cc2)cc1)[C@](CC)(CCC(N)=O)C(=O)O. The van der Waals surface area contributed by atoms with Crippen molar-refractivity contribution in [2.75, 3.05) is 6.54 Å². The van der Waals surface area contributed by atoms with Crippen LogP contribution in [0.2, 0.25) is 0 Å². The molecule has 0 aliphatic carbocycles. The molecule has 2 rings (SSSR count). The molecule has 0 bridgehead atoms. The highest BCUT2D eigenvalue weighted by molar-refractivity contribution is 6.00. The number of esters is 1. The van der Waals surface area contributed by atoms with Gasteiger partial charge in [0, 0.05) is 24.1 Å². The molecule has 0 aliphatic rings. The van der Waals surface area contributed by atoms with E-state index in [1.807, 2.05) is 0 Å². The van der Waals surface area contributed by atoms with Crippen molar-refractivity contribution in [1.82, 2.24) is 4.90 Å². The van der Waals surface area contributed by atoms with E-state index < -0.39 is 29.3 Å². The Kier molecular flexibility index (Phi) is 9.70. The number of nitrogens with one attached hydrogen (secondary N) is 1. The van der Waals surface area contributed by atoms with Crippen LogP contribution in [0.1, 0.15) is 61.5 Å². The lowest BCUT2D eigenvalue weighted by atomic mass is 9.87. The van der Waals surface area contributed by atoms with E-state index in [0.29, 0.717) is 22.4 Å². The quantitative estimate of drug-likeness (QED) is 0.112. The van der Waals surface area contributed by atoms with Crippen LogP contribution in [0.25, 0.3) is 6.08 Å². The number of ether oxygens (including phenoxy) is 1. The third-order valence-corrected chi connectivity index (χ3v) is 6.09. The molecule has 0 fully saturated rings. The van der Waals surface area contributed by atoms with E-state index >= 15 is 0 Å². The third kappa shape index (κ3) is 7.03. The summed E-state index contributed by atoms with van der Waals surface area (Å²) in [6, 6.07) is 12.6. The minimum absolute atomic E-state index is 0.0880. The molecular formula is C27H32N4O6. The fourth-order valence-electron chi connectivity index (χ4n) is 3.96. The summed E-state index contributed by atoms with van der Waals surface area (Å²) in [7, 11) is 0. The number of rotatable bonds is 12. The van der Waals surface area contributed by atoms with Gasteiger partial charge in [0.15, 0.2) is 0 Å². The first-order chi connectivity index (χ1) is 17.4. The smallest absolute Gasteiger partial charge is 0.343 e. The van der Waals surface area contributed by atoms with Crippen molar-refractivity contribution in [3.63, 3.8) is 0 Å². The number of amidine groups is 1. The van der Waals surface area contributed by atoms with Gasteiger partial charge in [0.05, 0.1) is 5.56 Å². The maximum atomic E-state index is 13.3. The molecule has 6 N–H and O–H groups in total. The van der Waals surface area contributed by atoms with E-state index in [1.165, 1.54) is 17.0 Å². The first-order valence-corrected chi connectivity index (χ1v) is 11.7. The van der Waals surface area contributed by atoms with E-state index in [2.05, 4.69) is 0 Å². The van der Waals surface area contributed by atoms with Crippen molar-refractivity contribution < 1.29 is 29.0 Å². The van der Waals surface area contributed by atoms with E-state index in [4.69, 9.17) is 21.6 Å². The molecule has 0 saturated heterocycles. The number of likely N-dealkylation sites (N-methyl/N-ethyl adjacent to an activating group) is 1. The van der Waals surface area contributed by atoms with Gasteiger partial charge >= 0.3 is 11.9 Å². The summed E-state index contributed by atoms with van der Waals surface area (Å²) in [6.07, 6.45) is 1.45. The highest BCUT2D eigenvalue weighted by Crippen LogP contribution is 2.28. The maximum absolute atomic E-state index is 13.3. The van der Waals surface area contributed by atoms with Gasteiger partial charge in [0.2, 0.25) is 11.8 Å². The molecule has 1 atom stereocenters. The van der Waals surface area contributed by atoms with Gasteiger partial charge in [-0.3, -0.25) is 15.0 Å². The van der Waals surface area contributed by atoms with Crippen LogP contribution in [0.5, 0.6) is 5.75 Å². The molecule has 2 amide bonds. The van der Waals surface area contributed by atoms with Crippen molar-refractivity contribution in [1.29, 1.82) is 5.41 Å². The summed E-state index contributed by atoms with van der Waals surface area (Å²) in [5.41, 5.74) is 10.8. The predicted octanol–water partition coefficient (Wildman–Crippen LogP) is 2.94. The zero-order chi connectivity index (χ0) is 27.8. The van der Waals surface area contributed by atoms with Gasteiger partial charge in [-0.15, -0.1) is 0 Å². The van der Waals surface area contributed by atoms with E-state index in [9.17, 15) is 24.3 Å². The maximum Gasteiger partial charge on any atom is 0.343 e. The second-order valence-corrected chi connectivity index (χ2v) is 8.48. The van der Waals surface area contributed by atoms with Crippen LogP contribution in [-0.2, 0) is 14.4 Å². The number of nitrogens with two attached hydrogens (primary N) is 2. The van der Waals surface area contributed by atoms with Crippen LogP contribution in [0, 0.1) is 5.41 Å². The lowest BCUT2D eigenvalue weighted by molar-refractivity contribution is -0.159. The fourth-order valence-corrected chi connectivity index (χ4v) is 3.96. The summed E-state index contributed by atoms with van der Waals surface area (Å²) < 4.78 is 5.34. The third-order valence-electron chi connectivity index (χ3n) is 6.09. The molecular weight excluding hydrogens is 476 g/mol.